The average molecular weight is 393 g/mol. The van der Waals surface area contributed by atoms with Crippen molar-refractivity contribution in [1.82, 2.24) is 16.0 Å². The lowest BCUT2D eigenvalue weighted by molar-refractivity contribution is -0.117. The summed E-state index contributed by atoms with van der Waals surface area (Å²) in [4.78, 5) is 30.5. The first-order chi connectivity index (χ1) is 14.1. The van der Waals surface area contributed by atoms with E-state index in [2.05, 4.69) is 20.9 Å². The number of carbonyl (C=O) groups is 2. The molecular weight excluding hydrogens is 366 g/mol. The van der Waals surface area contributed by atoms with Gasteiger partial charge in [-0.05, 0) is 36.8 Å². The van der Waals surface area contributed by atoms with E-state index in [0.29, 0.717) is 31.0 Å². The Kier molecular flexibility index (Phi) is 6.84. The second-order valence-corrected chi connectivity index (χ2v) is 6.86. The van der Waals surface area contributed by atoms with E-state index in [9.17, 15) is 9.59 Å². The van der Waals surface area contributed by atoms with Crippen LogP contribution in [0.5, 0.6) is 0 Å². The fourth-order valence-electron chi connectivity index (χ4n) is 3.25. The number of nitrogens with zero attached hydrogens (tertiary/aromatic N) is 2. The first kappa shape index (κ1) is 20.4. The van der Waals surface area contributed by atoms with E-state index in [0.717, 1.165) is 17.8 Å². The quantitative estimate of drug-likeness (QED) is 0.517. The van der Waals surface area contributed by atoms with E-state index in [1.165, 1.54) is 0 Å². The molecule has 7 nitrogen and oxygen atoms in total. The maximum Gasteiger partial charge on any atom is 0.251 e. The van der Waals surface area contributed by atoms with Crippen LogP contribution in [0.25, 0.3) is 0 Å². The predicted octanol–water partition coefficient (Wildman–Crippen LogP) is 1.91. The number of hydrogen-bond acceptors (Lipinski definition) is 3. The van der Waals surface area contributed by atoms with E-state index in [-0.39, 0.29) is 17.9 Å². The van der Waals surface area contributed by atoms with Gasteiger partial charge in [0.1, 0.15) is 0 Å². The van der Waals surface area contributed by atoms with E-state index in [4.69, 9.17) is 0 Å². The van der Waals surface area contributed by atoms with Gasteiger partial charge in [0.2, 0.25) is 5.91 Å². The van der Waals surface area contributed by atoms with Crippen LogP contribution in [0.4, 0.5) is 5.69 Å². The third-order valence-electron chi connectivity index (χ3n) is 4.74. The van der Waals surface area contributed by atoms with Gasteiger partial charge in [-0.2, -0.15) is 0 Å². The summed E-state index contributed by atoms with van der Waals surface area (Å²) >= 11 is 0. The van der Waals surface area contributed by atoms with Gasteiger partial charge in [-0.3, -0.25) is 9.59 Å². The molecule has 0 bridgehead atoms. The van der Waals surface area contributed by atoms with Crippen molar-refractivity contribution in [2.45, 2.75) is 25.9 Å². The van der Waals surface area contributed by atoms with Crippen molar-refractivity contribution >= 4 is 23.5 Å². The number of rotatable bonds is 6. The van der Waals surface area contributed by atoms with Crippen LogP contribution in [0.1, 0.15) is 29.3 Å². The first-order valence-electron chi connectivity index (χ1n) is 9.82. The molecule has 2 aromatic carbocycles. The zero-order chi connectivity index (χ0) is 20.6. The summed E-state index contributed by atoms with van der Waals surface area (Å²) in [5.74, 6) is 0.675. The number of carbonyl (C=O) groups excluding carboxylic acids is 2. The van der Waals surface area contributed by atoms with Gasteiger partial charge in [0, 0.05) is 37.8 Å². The normalized spacial score (nSPS) is 16.6. The molecule has 2 aromatic rings. The standard InChI is InChI=1S/C22H27N5O2/c1-3-24-22(25-14-16-9-11-17(12-10-16)21(29)23-2)26-18-13-20(28)27(15-18)19-7-5-4-6-8-19/h4-12,18H,3,13-15H2,1-2H3,(H,23,29)(H2,24,25,26). The third-order valence-corrected chi connectivity index (χ3v) is 4.74. The minimum atomic E-state index is -0.107. The minimum Gasteiger partial charge on any atom is -0.357 e. The summed E-state index contributed by atoms with van der Waals surface area (Å²) in [7, 11) is 1.61. The summed E-state index contributed by atoms with van der Waals surface area (Å²) in [6, 6.07) is 17.1. The Morgan fingerprint density at radius 1 is 1.14 bits per heavy atom. The van der Waals surface area contributed by atoms with Crippen molar-refractivity contribution in [1.29, 1.82) is 0 Å². The Labute approximate surface area is 171 Å². The second kappa shape index (κ2) is 9.73. The SMILES string of the molecule is CCNC(=NCc1ccc(C(=O)NC)cc1)NC1CC(=O)N(c2ccccc2)C1. The lowest BCUT2D eigenvalue weighted by Gasteiger charge is -2.19. The average Bonchev–Trinajstić information content (AvgIpc) is 3.12. The highest BCUT2D eigenvalue weighted by Crippen LogP contribution is 2.21. The number of hydrogen-bond donors (Lipinski definition) is 3. The Morgan fingerprint density at radius 3 is 2.52 bits per heavy atom. The molecule has 152 valence electrons. The molecular formula is C22H27N5O2. The molecule has 29 heavy (non-hydrogen) atoms. The number of anilines is 1. The molecule has 0 spiro atoms. The van der Waals surface area contributed by atoms with E-state index < -0.39 is 0 Å². The minimum absolute atomic E-state index is 0.00358. The lowest BCUT2D eigenvalue weighted by atomic mass is 10.1. The van der Waals surface area contributed by atoms with Gasteiger partial charge in [0.25, 0.3) is 5.91 Å². The number of amides is 2. The smallest absolute Gasteiger partial charge is 0.251 e. The van der Waals surface area contributed by atoms with Crippen LogP contribution < -0.4 is 20.9 Å². The molecule has 7 heteroatoms. The van der Waals surface area contributed by atoms with Crippen molar-refractivity contribution in [2.75, 3.05) is 25.0 Å². The molecule has 0 aromatic heterocycles. The van der Waals surface area contributed by atoms with Gasteiger partial charge in [0.05, 0.1) is 12.6 Å². The van der Waals surface area contributed by atoms with Gasteiger partial charge in [-0.25, -0.2) is 4.99 Å². The van der Waals surface area contributed by atoms with Crippen molar-refractivity contribution in [3.05, 3.63) is 65.7 Å². The molecule has 1 aliphatic heterocycles. The molecule has 1 atom stereocenters. The summed E-state index contributed by atoms with van der Waals surface area (Å²) in [6.07, 6.45) is 0.431. The van der Waals surface area contributed by atoms with E-state index in [1.807, 2.05) is 49.4 Å². The van der Waals surface area contributed by atoms with Crippen LogP contribution in [0.3, 0.4) is 0 Å². The number of aliphatic imine (C=N–C) groups is 1. The number of benzene rings is 2. The monoisotopic (exact) mass is 393 g/mol. The van der Waals surface area contributed by atoms with Gasteiger partial charge in [0.15, 0.2) is 5.96 Å². The van der Waals surface area contributed by atoms with Gasteiger partial charge >= 0.3 is 0 Å². The molecule has 1 heterocycles. The molecule has 2 amide bonds. The number of nitrogens with one attached hydrogen (secondary N) is 3. The van der Waals surface area contributed by atoms with Gasteiger partial charge in [-0.15, -0.1) is 0 Å². The van der Waals surface area contributed by atoms with Crippen molar-refractivity contribution in [3.63, 3.8) is 0 Å². The molecule has 1 aliphatic rings. The molecule has 1 unspecified atom stereocenters. The summed E-state index contributed by atoms with van der Waals surface area (Å²) in [6.45, 7) is 3.82. The lowest BCUT2D eigenvalue weighted by Crippen LogP contribution is -2.44. The fraction of sp³-hybridized carbons (Fsp3) is 0.318. The Morgan fingerprint density at radius 2 is 1.86 bits per heavy atom. The van der Waals surface area contributed by atoms with Crippen LogP contribution in [0, 0.1) is 0 Å². The zero-order valence-corrected chi connectivity index (χ0v) is 16.8. The van der Waals surface area contributed by atoms with Crippen molar-refractivity contribution < 1.29 is 9.59 Å². The van der Waals surface area contributed by atoms with Crippen LogP contribution in [0.2, 0.25) is 0 Å². The predicted molar refractivity (Wildman–Crippen MR) is 115 cm³/mol. The fourth-order valence-corrected chi connectivity index (χ4v) is 3.25. The molecule has 1 fully saturated rings. The van der Waals surface area contributed by atoms with E-state index in [1.54, 1.807) is 24.1 Å². The summed E-state index contributed by atoms with van der Waals surface area (Å²) < 4.78 is 0. The maximum absolute atomic E-state index is 12.4. The molecule has 0 saturated carbocycles. The Balaban J connectivity index is 1.62. The van der Waals surface area contributed by atoms with Crippen molar-refractivity contribution in [3.8, 4) is 0 Å². The van der Waals surface area contributed by atoms with Crippen LogP contribution >= 0.6 is 0 Å². The largest absolute Gasteiger partial charge is 0.357 e. The highest BCUT2D eigenvalue weighted by molar-refractivity contribution is 5.97. The Bertz CT molecular complexity index is 865. The highest BCUT2D eigenvalue weighted by Gasteiger charge is 2.31. The molecule has 0 aliphatic carbocycles. The highest BCUT2D eigenvalue weighted by atomic mass is 16.2. The van der Waals surface area contributed by atoms with E-state index >= 15 is 0 Å². The molecule has 3 N–H and O–H groups in total. The van der Waals surface area contributed by atoms with Crippen molar-refractivity contribution in [2.24, 2.45) is 4.99 Å². The molecule has 3 rings (SSSR count). The Hall–Kier alpha value is -3.35. The number of para-hydroxylation sites is 1. The second-order valence-electron chi connectivity index (χ2n) is 6.86. The molecule has 0 radical (unpaired) electrons. The maximum atomic E-state index is 12.4. The summed E-state index contributed by atoms with van der Waals surface area (Å²) in [5.41, 5.74) is 2.54. The molecule has 1 saturated heterocycles. The third kappa shape index (κ3) is 5.34. The zero-order valence-electron chi connectivity index (χ0n) is 16.8. The van der Waals surface area contributed by atoms with Gasteiger partial charge < -0.3 is 20.9 Å². The number of guanidine groups is 1. The van der Waals surface area contributed by atoms with Crippen LogP contribution in [-0.4, -0.2) is 44.0 Å². The summed E-state index contributed by atoms with van der Waals surface area (Å²) in [5, 5.41) is 9.21. The van der Waals surface area contributed by atoms with Crippen LogP contribution in [-0.2, 0) is 11.3 Å². The topological polar surface area (TPSA) is 85.8 Å². The first-order valence-corrected chi connectivity index (χ1v) is 9.82. The van der Waals surface area contributed by atoms with Gasteiger partial charge in [-0.1, -0.05) is 30.3 Å². The van der Waals surface area contributed by atoms with Crippen LogP contribution in [0.15, 0.2) is 59.6 Å².